The van der Waals surface area contributed by atoms with E-state index in [2.05, 4.69) is 21.2 Å². The predicted molar refractivity (Wildman–Crippen MR) is 81.8 cm³/mol. The van der Waals surface area contributed by atoms with E-state index in [-0.39, 0.29) is 0 Å². The number of anilines is 3. The summed E-state index contributed by atoms with van der Waals surface area (Å²) >= 11 is 9.44. The van der Waals surface area contributed by atoms with Crippen LogP contribution in [-0.2, 0) is 0 Å². The third-order valence-electron chi connectivity index (χ3n) is 2.55. The fourth-order valence-electron chi connectivity index (χ4n) is 1.64. The molecule has 0 heterocycles. The van der Waals surface area contributed by atoms with E-state index in [0.717, 1.165) is 4.47 Å². The molecule has 0 saturated carbocycles. The normalized spacial score (nSPS) is 10.2. The molecule has 19 heavy (non-hydrogen) atoms. The van der Waals surface area contributed by atoms with Crippen LogP contribution in [0.5, 0.6) is 0 Å². The standard InChI is InChI=1S/C13H11BrClN3O/c14-7-4-5-11(9(15)6-7)18-12-8(13(17)19)2-1-3-10(12)16/h1-6,18H,16H2,(H2,17,19). The van der Waals surface area contributed by atoms with Crippen molar-refractivity contribution in [3.8, 4) is 0 Å². The molecule has 5 N–H and O–H groups in total. The topological polar surface area (TPSA) is 81.1 Å². The Bertz CT molecular complexity index is 646. The zero-order chi connectivity index (χ0) is 14.0. The lowest BCUT2D eigenvalue weighted by molar-refractivity contribution is 0.100. The van der Waals surface area contributed by atoms with Crippen molar-refractivity contribution in [2.45, 2.75) is 0 Å². The molecule has 98 valence electrons. The van der Waals surface area contributed by atoms with Crippen LogP contribution in [0.25, 0.3) is 0 Å². The Balaban J connectivity index is 2.46. The van der Waals surface area contributed by atoms with Crippen LogP contribution in [0.4, 0.5) is 17.1 Å². The summed E-state index contributed by atoms with van der Waals surface area (Å²) < 4.78 is 0.860. The van der Waals surface area contributed by atoms with Crippen molar-refractivity contribution in [3.05, 3.63) is 51.5 Å². The Morgan fingerprint density at radius 2 is 2.00 bits per heavy atom. The molecule has 0 fully saturated rings. The quantitative estimate of drug-likeness (QED) is 0.748. The Labute approximate surface area is 123 Å². The average molecular weight is 341 g/mol. The number of amides is 1. The average Bonchev–Trinajstić information content (AvgIpc) is 2.34. The molecule has 2 rings (SSSR count). The van der Waals surface area contributed by atoms with Crippen LogP contribution in [0, 0.1) is 0 Å². The number of nitrogens with one attached hydrogen (secondary N) is 1. The number of carbonyl (C=O) groups is 1. The molecular weight excluding hydrogens is 330 g/mol. The molecule has 6 heteroatoms. The number of primary amides is 1. The molecule has 0 radical (unpaired) electrons. The first-order chi connectivity index (χ1) is 8.99. The highest BCUT2D eigenvalue weighted by atomic mass is 79.9. The summed E-state index contributed by atoms with van der Waals surface area (Å²) in [6.07, 6.45) is 0. The lowest BCUT2D eigenvalue weighted by atomic mass is 10.1. The number of benzene rings is 2. The van der Waals surface area contributed by atoms with E-state index in [1.165, 1.54) is 0 Å². The summed E-state index contributed by atoms with van der Waals surface area (Å²) in [7, 11) is 0. The SMILES string of the molecule is NC(=O)c1cccc(N)c1Nc1ccc(Br)cc1Cl. The van der Waals surface area contributed by atoms with Gasteiger partial charge in [-0.2, -0.15) is 0 Å². The summed E-state index contributed by atoms with van der Waals surface area (Å²) in [6, 6.07) is 10.3. The van der Waals surface area contributed by atoms with Crippen LogP contribution in [0.2, 0.25) is 5.02 Å². The Morgan fingerprint density at radius 1 is 1.26 bits per heavy atom. The van der Waals surface area contributed by atoms with E-state index in [4.69, 9.17) is 23.1 Å². The van der Waals surface area contributed by atoms with Gasteiger partial charge in [-0.05, 0) is 30.3 Å². The zero-order valence-corrected chi connectivity index (χ0v) is 12.1. The van der Waals surface area contributed by atoms with Gasteiger partial charge in [0.15, 0.2) is 0 Å². The van der Waals surface area contributed by atoms with Crippen molar-refractivity contribution in [1.82, 2.24) is 0 Å². The fraction of sp³-hybridized carbons (Fsp3) is 0. The molecule has 0 aliphatic rings. The van der Waals surface area contributed by atoms with E-state index >= 15 is 0 Å². The second-order valence-electron chi connectivity index (χ2n) is 3.88. The summed E-state index contributed by atoms with van der Waals surface area (Å²) in [4.78, 5) is 11.4. The molecule has 1 amide bonds. The van der Waals surface area contributed by atoms with Crippen molar-refractivity contribution in [3.63, 3.8) is 0 Å². The van der Waals surface area contributed by atoms with E-state index in [0.29, 0.717) is 27.6 Å². The summed E-state index contributed by atoms with van der Waals surface area (Å²) in [6.45, 7) is 0. The number of nitrogen functional groups attached to an aromatic ring is 1. The lowest BCUT2D eigenvalue weighted by Gasteiger charge is -2.14. The second-order valence-corrected chi connectivity index (χ2v) is 5.21. The van der Waals surface area contributed by atoms with Gasteiger partial charge in [-0.1, -0.05) is 33.6 Å². The van der Waals surface area contributed by atoms with Crippen molar-refractivity contribution < 1.29 is 4.79 Å². The van der Waals surface area contributed by atoms with Crippen LogP contribution in [0.15, 0.2) is 40.9 Å². The monoisotopic (exact) mass is 339 g/mol. The van der Waals surface area contributed by atoms with Crippen LogP contribution in [0.3, 0.4) is 0 Å². The number of hydrogen-bond acceptors (Lipinski definition) is 3. The molecule has 0 aliphatic carbocycles. The molecule has 0 atom stereocenters. The third kappa shape index (κ3) is 3.00. The summed E-state index contributed by atoms with van der Waals surface area (Å²) in [5.41, 5.74) is 13.0. The minimum absolute atomic E-state index is 0.319. The maximum Gasteiger partial charge on any atom is 0.250 e. The minimum Gasteiger partial charge on any atom is -0.397 e. The molecule has 0 spiro atoms. The minimum atomic E-state index is -0.553. The first kappa shape index (κ1) is 13.7. The van der Waals surface area contributed by atoms with Crippen molar-refractivity contribution in [2.75, 3.05) is 11.1 Å². The Hall–Kier alpha value is -1.72. The molecule has 0 aromatic heterocycles. The van der Waals surface area contributed by atoms with Gasteiger partial charge in [0.05, 0.1) is 27.6 Å². The van der Waals surface area contributed by atoms with Gasteiger partial charge in [0.1, 0.15) is 0 Å². The number of nitrogens with two attached hydrogens (primary N) is 2. The number of carbonyl (C=O) groups excluding carboxylic acids is 1. The summed E-state index contributed by atoms with van der Waals surface area (Å²) in [5, 5.41) is 3.55. The number of rotatable bonds is 3. The molecular formula is C13H11BrClN3O. The van der Waals surface area contributed by atoms with Gasteiger partial charge in [0.2, 0.25) is 0 Å². The van der Waals surface area contributed by atoms with Crippen molar-refractivity contribution in [1.29, 1.82) is 0 Å². The molecule has 0 aliphatic heterocycles. The van der Waals surface area contributed by atoms with Gasteiger partial charge in [-0.15, -0.1) is 0 Å². The number of para-hydroxylation sites is 1. The maximum atomic E-state index is 11.4. The first-order valence-corrected chi connectivity index (χ1v) is 6.56. The smallest absolute Gasteiger partial charge is 0.250 e. The van der Waals surface area contributed by atoms with Crippen LogP contribution in [-0.4, -0.2) is 5.91 Å². The Kier molecular flexibility index (Phi) is 3.97. The van der Waals surface area contributed by atoms with Gasteiger partial charge >= 0.3 is 0 Å². The van der Waals surface area contributed by atoms with Gasteiger partial charge in [-0.3, -0.25) is 4.79 Å². The van der Waals surface area contributed by atoms with Crippen LogP contribution in [0.1, 0.15) is 10.4 Å². The van der Waals surface area contributed by atoms with Gasteiger partial charge in [0.25, 0.3) is 5.91 Å². The first-order valence-electron chi connectivity index (χ1n) is 5.39. The van der Waals surface area contributed by atoms with Gasteiger partial charge in [0, 0.05) is 4.47 Å². The van der Waals surface area contributed by atoms with E-state index in [1.807, 2.05) is 6.07 Å². The lowest BCUT2D eigenvalue weighted by Crippen LogP contribution is -2.14. The molecule has 0 unspecified atom stereocenters. The molecule has 4 nitrogen and oxygen atoms in total. The van der Waals surface area contributed by atoms with Crippen LogP contribution >= 0.6 is 27.5 Å². The van der Waals surface area contributed by atoms with E-state index < -0.39 is 5.91 Å². The molecule has 2 aromatic rings. The third-order valence-corrected chi connectivity index (χ3v) is 3.36. The largest absolute Gasteiger partial charge is 0.397 e. The van der Waals surface area contributed by atoms with Crippen molar-refractivity contribution >= 4 is 50.5 Å². The second kappa shape index (κ2) is 5.50. The highest BCUT2D eigenvalue weighted by Gasteiger charge is 2.12. The van der Waals surface area contributed by atoms with Gasteiger partial charge < -0.3 is 16.8 Å². The van der Waals surface area contributed by atoms with E-state index in [9.17, 15) is 4.79 Å². The highest BCUT2D eigenvalue weighted by Crippen LogP contribution is 2.32. The number of hydrogen-bond donors (Lipinski definition) is 3. The highest BCUT2D eigenvalue weighted by molar-refractivity contribution is 9.10. The zero-order valence-electron chi connectivity index (χ0n) is 9.78. The Morgan fingerprint density at radius 3 is 2.63 bits per heavy atom. The van der Waals surface area contributed by atoms with E-state index in [1.54, 1.807) is 30.3 Å². The van der Waals surface area contributed by atoms with Gasteiger partial charge in [-0.25, -0.2) is 0 Å². The maximum absolute atomic E-state index is 11.4. The van der Waals surface area contributed by atoms with Crippen LogP contribution < -0.4 is 16.8 Å². The van der Waals surface area contributed by atoms with Crippen molar-refractivity contribution in [2.24, 2.45) is 5.73 Å². The summed E-state index contributed by atoms with van der Waals surface area (Å²) in [5.74, 6) is -0.553. The fourth-order valence-corrected chi connectivity index (χ4v) is 2.36. The predicted octanol–water partition coefficient (Wildman–Crippen LogP) is 3.53. The molecule has 2 aromatic carbocycles. The molecule has 0 saturated heterocycles. The number of halogens is 2. The molecule has 0 bridgehead atoms.